The van der Waals surface area contributed by atoms with Crippen LogP contribution in [0, 0.1) is 0 Å². The van der Waals surface area contributed by atoms with Crippen LogP contribution in [0.3, 0.4) is 0 Å². The lowest BCUT2D eigenvalue weighted by Crippen LogP contribution is -2.42. The molecule has 0 heterocycles. The maximum atomic E-state index is 13.0. The molecule has 0 spiro atoms. The van der Waals surface area contributed by atoms with Crippen LogP contribution in [0.1, 0.15) is 17.0 Å². The van der Waals surface area contributed by atoms with Crippen LogP contribution in [0.5, 0.6) is 0 Å². The summed E-state index contributed by atoms with van der Waals surface area (Å²) < 4.78 is 0. The Morgan fingerprint density at radius 2 is 1.17 bits per heavy atom. The van der Waals surface area contributed by atoms with Gasteiger partial charge < -0.3 is 0 Å². The van der Waals surface area contributed by atoms with Gasteiger partial charge in [-0.2, -0.15) is 0 Å². The van der Waals surface area contributed by atoms with Gasteiger partial charge in [0, 0.05) is 7.05 Å². The second-order valence-corrected chi connectivity index (χ2v) is 5.63. The Morgan fingerprint density at radius 1 is 0.750 bits per heavy atom. The average Bonchev–Trinajstić information content (AvgIpc) is 2.64. The fraction of sp³-hybridized carbons (Fsp3) is 0.0952. The normalized spacial score (nSPS) is 10.4. The Bertz CT molecular complexity index is 733. The predicted octanol–water partition coefficient (Wildman–Crippen LogP) is 3.99. The summed E-state index contributed by atoms with van der Waals surface area (Å²) in [5.41, 5.74) is 5.87. The van der Waals surface area contributed by atoms with Crippen LogP contribution in [0.15, 0.2) is 91.0 Å². The smallest absolute Gasteiger partial charge is 0.250 e. The zero-order valence-electron chi connectivity index (χ0n) is 13.6. The number of para-hydroxylation sites is 1. The minimum absolute atomic E-state index is 0.0567. The number of nitrogens with zero attached hydrogens (tertiary/aromatic N) is 1. The lowest BCUT2D eigenvalue weighted by Gasteiger charge is -2.24. The fourth-order valence-electron chi connectivity index (χ4n) is 2.73. The van der Waals surface area contributed by atoms with Crippen molar-refractivity contribution in [1.82, 2.24) is 5.43 Å². The van der Waals surface area contributed by atoms with Gasteiger partial charge in [-0.1, -0.05) is 78.9 Å². The number of benzene rings is 3. The van der Waals surface area contributed by atoms with Gasteiger partial charge in [0.1, 0.15) is 0 Å². The second kappa shape index (κ2) is 7.47. The first-order chi connectivity index (χ1) is 11.8. The number of hydrazine groups is 1. The molecule has 0 fully saturated rings. The van der Waals surface area contributed by atoms with E-state index in [-0.39, 0.29) is 11.8 Å². The van der Waals surface area contributed by atoms with Crippen molar-refractivity contribution in [2.75, 3.05) is 12.1 Å². The first-order valence-corrected chi connectivity index (χ1v) is 7.95. The first-order valence-electron chi connectivity index (χ1n) is 7.95. The number of amides is 1. The molecule has 120 valence electrons. The number of nitrogens with one attached hydrogen (secondary N) is 1. The maximum Gasteiger partial charge on any atom is 0.250 e. The molecule has 0 saturated carbocycles. The van der Waals surface area contributed by atoms with E-state index in [2.05, 4.69) is 5.43 Å². The largest absolute Gasteiger partial charge is 0.289 e. The number of rotatable bonds is 5. The van der Waals surface area contributed by atoms with E-state index < -0.39 is 0 Å². The number of anilines is 1. The molecule has 3 aromatic rings. The number of carbonyl (C=O) groups excluding carboxylic acids is 1. The molecular weight excluding hydrogens is 296 g/mol. The Labute approximate surface area is 142 Å². The van der Waals surface area contributed by atoms with E-state index in [4.69, 9.17) is 0 Å². The zero-order chi connectivity index (χ0) is 16.8. The summed E-state index contributed by atoms with van der Waals surface area (Å²) in [4.78, 5) is 13.0. The van der Waals surface area contributed by atoms with Gasteiger partial charge in [-0.15, -0.1) is 0 Å². The Kier molecular flexibility index (Phi) is 4.92. The summed E-state index contributed by atoms with van der Waals surface area (Å²) >= 11 is 0. The highest BCUT2D eigenvalue weighted by molar-refractivity contribution is 5.88. The van der Waals surface area contributed by atoms with Gasteiger partial charge in [0.15, 0.2) is 0 Å². The topological polar surface area (TPSA) is 32.3 Å². The van der Waals surface area contributed by atoms with Crippen LogP contribution in [-0.2, 0) is 4.79 Å². The van der Waals surface area contributed by atoms with Gasteiger partial charge in [-0.05, 0) is 23.3 Å². The van der Waals surface area contributed by atoms with Gasteiger partial charge in [0.25, 0.3) is 0 Å². The van der Waals surface area contributed by atoms with E-state index in [1.54, 1.807) is 5.01 Å². The van der Waals surface area contributed by atoms with E-state index in [1.165, 1.54) is 0 Å². The van der Waals surface area contributed by atoms with Gasteiger partial charge in [-0.3, -0.25) is 15.2 Å². The maximum absolute atomic E-state index is 13.0. The summed E-state index contributed by atoms with van der Waals surface area (Å²) in [6.07, 6.45) is 0. The highest BCUT2D eigenvalue weighted by atomic mass is 16.2. The van der Waals surface area contributed by atoms with Gasteiger partial charge in [-0.25, -0.2) is 0 Å². The van der Waals surface area contributed by atoms with Crippen molar-refractivity contribution >= 4 is 11.6 Å². The van der Waals surface area contributed by atoms with E-state index >= 15 is 0 Å². The lowest BCUT2D eigenvalue weighted by atomic mass is 9.91. The summed E-state index contributed by atoms with van der Waals surface area (Å²) in [7, 11) is 1.85. The van der Waals surface area contributed by atoms with E-state index in [9.17, 15) is 4.79 Å². The van der Waals surface area contributed by atoms with Crippen LogP contribution in [0.4, 0.5) is 5.69 Å². The van der Waals surface area contributed by atoms with E-state index in [0.717, 1.165) is 16.8 Å². The van der Waals surface area contributed by atoms with Gasteiger partial charge in [0.05, 0.1) is 11.6 Å². The van der Waals surface area contributed by atoms with Crippen molar-refractivity contribution < 1.29 is 4.79 Å². The molecule has 0 bridgehead atoms. The summed E-state index contributed by atoms with van der Waals surface area (Å²) in [5, 5.41) is 1.75. The molecule has 24 heavy (non-hydrogen) atoms. The molecule has 3 rings (SSSR count). The molecule has 0 saturated heterocycles. The molecule has 1 N–H and O–H groups in total. The molecule has 3 nitrogen and oxygen atoms in total. The third kappa shape index (κ3) is 3.63. The van der Waals surface area contributed by atoms with Gasteiger partial charge >= 0.3 is 0 Å². The lowest BCUT2D eigenvalue weighted by molar-refractivity contribution is -0.121. The molecule has 3 heteroatoms. The van der Waals surface area contributed by atoms with Crippen molar-refractivity contribution in [2.45, 2.75) is 5.92 Å². The predicted molar refractivity (Wildman–Crippen MR) is 97.7 cm³/mol. The highest BCUT2D eigenvalue weighted by Gasteiger charge is 2.23. The number of carbonyl (C=O) groups is 1. The summed E-state index contributed by atoms with van der Waals surface area (Å²) in [6, 6.07) is 29.5. The first kappa shape index (κ1) is 15.8. The van der Waals surface area contributed by atoms with Crippen molar-refractivity contribution in [3.63, 3.8) is 0 Å². The minimum atomic E-state index is -0.349. The van der Waals surface area contributed by atoms with Crippen molar-refractivity contribution in [1.29, 1.82) is 0 Å². The molecule has 0 atom stereocenters. The average molecular weight is 316 g/mol. The second-order valence-electron chi connectivity index (χ2n) is 5.63. The quantitative estimate of drug-likeness (QED) is 0.722. The molecule has 1 amide bonds. The van der Waals surface area contributed by atoms with Crippen molar-refractivity contribution in [2.24, 2.45) is 0 Å². The van der Waals surface area contributed by atoms with Crippen molar-refractivity contribution in [3.8, 4) is 0 Å². The van der Waals surface area contributed by atoms with Crippen LogP contribution >= 0.6 is 0 Å². The van der Waals surface area contributed by atoms with Crippen LogP contribution < -0.4 is 10.4 Å². The molecule has 0 aliphatic rings. The van der Waals surface area contributed by atoms with Gasteiger partial charge in [0.2, 0.25) is 5.91 Å². The molecule has 0 aromatic heterocycles. The fourth-order valence-corrected chi connectivity index (χ4v) is 2.73. The highest BCUT2D eigenvalue weighted by Crippen LogP contribution is 2.25. The van der Waals surface area contributed by atoms with Crippen LogP contribution in [-0.4, -0.2) is 13.0 Å². The molecule has 0 aliphatic carbocycles. The number of hydrogen-bond donors (Lipinski definition) is 1. The molecule has 0 radical (unpaired) electrons. The minimum Gasteiger partial charge on any atom is -0.289 e. The van der Waals surface area contributed by atoms with Crippen LogP contribution in [0.2, 0.25) is 0 Å². The molecular formula is C21H20N2O. The Hall–Kier alpha value is -3.07. The molecule has 0 aliphatic heterocycles. The third-order valence-corrected chi connectivity index (χ3v) is 3.95. The summed E-state index contributed by atoms with van der Waals surface area (Å²) in [5.74, 6) is -0.405. The molecule has 3 aromatic carbocycles. The van der Waals surface area contributed by atoms with E-state index in [1.807, 2.05) is 98.0 Å². The standard InChI is InChI=1S/C21H20N2O/c1-23(19-15-9-4-10-16-19)22-21(24)20(17-11-5-2-6-12-17)18-13-7-3-8-14-18/h2-16,20H,1H3,(H,22,24). The van der Waals surface area contributed by atoms with Crippen LogP contribution in [0.25, 0.3) is 0 Å². The van der Waals surface area contributed by atoms with E-state index in [0.29, 0.717) is 0 Å². The zero-order valence-corrected chi connectivity index (χ0v) is 13.6. The SMILES string of the molecule is CN(NC(=O)C(c1ccccc1)c1ccccc1)c1ccccc1. The number of hydrogen-bond acceptors (Lipinski definition) is 2. The Balaban J connectivity index is 1.87. The van der Waals surface area contributed by atoms with Crippen molar-refractivity contribution in [3.05, 3.63) is 102 Å². The molecule has 0 unspecified atom stereocenters. The monoisotopic (exact) mass is 316 g/mol. The third-order valence-electron chi connectivity index (χ3n) is 3.95. The Morgan fingerprint density at radius 3 is 1.62 bits per heavy atom. The summed E-state index contributed by atoms with van der Waals surface area (Å²) in [6.45, 7) is 0.